The number of hydrogen-bond acceptors (Lipinski definition) is 3. The third-order valence-corrected chi connectivity index (χ3v) is 6.70. The monoisotopic (exact) mass is 377 g/mol. The smallest absolute Gasteiger partial charge is 0.410 e. The predicted octanol–water partition coefficient (Wildman–Crippen LogP) is 4.26. The molecule has 0 bridgehead atoms. The summed E-state index contributed by atoms with van der Waals surface area (Å²) in [6.45, 7) is 0.689. The third kappa shape index (κ3) is 2.77. The molecule has 1 aliphatic heterocycles. The molecule has 1 amide bonds. The normalized spacial score (nSPS) is 21.9. The van der Waals surface area contributed by atoms with Crippen molar-refractivity contribution in [3.63, 3.8) is 0 Å². The minimum Gasteiger partial charge on any atom is -0.480 e. The number of likely N-dealkylation sites (tertiary alicyclic amines) is 1. The summed E-state index contributed by atoms with van der Waals surface area (Å²) < 4.78 is 5.67. The highest BCUT2D eigenvalue weighted by molar-refractivity contribution is 5.81. The second-order valence-electron chi connectivity index (χ2n) is 8.31. The fourth-order valence-corrected chi connectivity index (χ4v) is 4.88. The zero-order chi connectivity index (χ0) is 19.3. The molecule has 5 nitrogen and oxygen atoms in total. The van der Waals surface area contributed by atoms with Gasteiger partial charge in [0.25, 0.3) is 0 Å². The maximum absolute atomic E-state index is 12.8. The number of carboxylic acids is 1. The zero-order valence-electron chi connectivity index (χ0n) is 15.6. The van der Waals surface area contributed by atoms with Crippen molar-refractivity contribution < 1.29 is 19.4 Å². The first-order valence-corrected chi connectivity index (χ1v) is 9.92. The highest BCUT2D eigenvalue weighted by Crippen LogP contribution is 2.55. The molecule has 2 aromatic carbocycles. The number of benzene rings is 2. The van der Waals surface area contributed by atoms with Gasteiger partial charge in [-0.2, -0.15) is 0 Å². The molecule has 1 unspecified atom stereocenters. The zero-order valence-corrected chi connectivity index (χ0v) is 15.6. The molecule has 2 fully saturated rings. The molecular weight excluding hydrogens is 354 g/mol. The van der Waals surface area contributed by atoms with Gasteiger partial charge in [0, 0.05) is 12.5 Å². The predicted molar refractivity (Wildman–Crippen MR) is 104 cm³/mol. The summed E-state index contributed by atoms with van der Waals surface area (Å²) in [6, 6.07) is 15.6. The molecule has 5 heteroatoms. The molecule has 1 N–H and O–H groups in total. The Hall–Kier alpha value is -2.82. The Balaban J connectivity index is 1.33. The molecule has 144 valence electrons. The van der Waals surface area contributed by atoms with Crippen LogP contribution >= 0.6 is 0 Å². The van der Waals surface area contributed by atoms with Crippen LogP contribution < -0.4 is 0 Å². The van der Waals surface area contributed by atoms with Crippen LogP contribution in [0.2, 0.25) is 0 Å². The number of amides is 1. The lowest BCUT2D eigenvalue weighted by molar-refractivity contribution is -0.145. The van der Waals surface area contributed by atoms with Crippen molar-refractivity contribution in [1.29, 1.82) is 0 Å². The second-order valence-corrected chi connectivity index (χ2v) is 8.31. The average molecular weight is 377 g/mol. The van der Waals surface area contributed by atoms with Crippen molar-refractivity contribution in [3.05, 3.63) is 59.7 Å². The Labute approximate surface area is 163 Å². The van der Waals surface area contributed by atoms with E-state index in [2.05, 4.69) is 24.3 Å². The highest BCUT2D eigenvalue weighted by Gasteiger charge is 2.51. The van der Waals surface area contributed by atoms with Gasteiger partial charge in [-0.25, -0.2) is 9.59 Å². The van der Waals surface area contributed by atoms with Crippen molar-refractivity contribution in [1.82, 2.24) is 4.90 Å². The van der Waals surface area contributed by atoms with E-state index in [-0.39, 0.29) is 17.9 Å². The summed E-state index contributed by atoms with van der Waals surface area (Å²) in [5.41, 5.74) is 4.82. The highest BCUT2D eigenvalue weighted by atomic mass is 16.6. The van der Waals surface area contributed by atoms with Crippen LogP contribution in [-0.2, 0) is 9.53 Å². The quantitative estimate of drug-likeness (QED) is 0.868. The lowest BCUT2D eigenvalue weighted by atomic mass is 9.88. The van der Waals surface area contributed by atoms with E-state index in [9.17, 15) is 14.7 Å². The van der Waals surface area contributed by atoms with E-state index < -0.39 is 18.1 Å². The summed E-state index contributed by atoms with van der Waals surface area (Å²) in [4.78, 5) is 25.9. The number of rotatable bonds is 3. The molecular formula is C23H23NO4. The molecule has 2 aromatic rings. The van der Waals surface area contributed by atoms with E-state index >= 15 is 0 Å². The Morgan fingerprint density at radius 1 is 1.00 bits per heavy atom. The molecule has 5 rings (SSSR count). The van der Waals surface area contributed by atoms with Gasteiger partial charge in [0.2, 0.25) is 0 Å². The van der Waals surface area contributed by atoms with Crippen LogP contribution in [0.5, 0.6) is 0 Å². The van der Waals surface area contributed by atoms with E-state index in [4.69, 9.17) is 4.74 Å². The first-order chi connectivity index (χ1) is 13.6. The number of carbonyl (C=O) groups is 2. The van der Waals surface area contributed by atoms with Crippen LogP contribution in [0, 0.1) is 5.41 Å². The maximum atomic E-state index is 12.8. The largest absolute Gasteiger partial charge is 0.480 e. The lowest BCUT2D eigenvalue weighted by Crippen LogP contribution is -2.51. The fraction of sp³-hybridized carbons (Fsp3) is 0.391. The van der Waals surface area contributed by atoms with Gasteiger partial charge in [-0.05, 0) is 53.4 Å². The Morgan fingerprint density at radius 3 is 2.18 bits per heavy atom. The van der Waals surface area contributed by atoms with E-state index in [0.717, 1.165) is 30.4 Å². The Morgan fingerprint density at radius 2 is 1.61 bits per heavy atom. The first kappa shape index (κ1) is 17.3. The summed E-state index contributed by atoms with van der Waals surface area (Å²) in [7, 11) is 0. The van der Waals surface area contributed by atoms with Gasteiger partial charge in [0.05, 0.1) is 0 Å². The minimum absolute atomic E-state index is 0.0146. The fourth-order valence-electron chi connectivity index (χ4n) is 4.88. The molecule has 0 aromatic heterocycles. The number of nitrogens with zero attached hydrogens (tertiary/aromatic N) is 1. The molecule has 1 saturated heterocycles. The number of carbonyl (C=O) groups excluding carboxylic acids is 1. The summed E-state index contributed by atoms with van der Waals surface area (Å²) in [5, 5.41) is 9.61. The van der Waals surface area contributed by atoms with Gasteiger partial charge >= 0.3 is 12.1 Å². The SMILES string of the molecule is O=C(O)C1CC2(CCN1C(=O)OCC1c3ccccc3-c3ccccc31)CC2. The number of piperidine rings is 1. The van der Waals surface area contributed by atoms with Crippen molar-refractivity contribution in [2.75, 3.05) is 13.2 Å². The standard InChI is InChI=1S/C23H23NO4/c25-21(26)20-13-23(9-10-23)11-12-24(20)22(27)28-14-19-17-7-3-1-5-15(17)16-6-2-4-8-18(16)19/h1-8,19-20H,9-14H2,(H,25,26). The van der Waals surface area contributed by atoms with Crippen LogP contribution in [-0.4, -0.2) is 41.3 Å². The van der Waals surface area contributed by atoms with Gasteiger partial charge in [-0.3, -0.25) is 4.90 Å². The second kappa shape index (κ2) is 6.36. The summed E-state index contributed by atoms with van der Waals surface area (Å²) in [5.74, 6) is -0.946. The number of ether oxygens (including phenoxy) is 1. The molecule has 2 aliphatic carbocycles. The van der Waals surface area contributed by atoms with Gasteiger partial charge in [0.15, 0.2) is 0 Å². The molecule has 1 spiro atoms. The number of fused-ring (bicyclic) bond motifs is 3. The van der Waals surface area contributed by atoms with Crippen LogP contribution in [0.4, 0.5) is 4.79 Å². The number of hydrogen-bond donors (Lipinski definition) is 1. The van der Waals surface area contributed by atoms with Crippen molar-refractivity contribution >= 4 is 12.1 Å². The van der Waals surface area contributed by atoms with E-state index in [1.165, 1.54) is 16.0 Å². The Kier molecular flexibility index (Phi) is 3.93. The van der Waals surface area contributed by atoms with Crippen molar-refractivity contribution in [2.24, 2.45) is 5.41 Å². The third-order valence-electron chi connectivity index (χ3n) is 6.70. The topological polar surface area (TPSA) is 66.8 Å². The molecule has 28 heavy (non-hydrogen) atoms. The van der Waals surface area contributed by atoms with E-state index in [1.807, 2.05) is 24.3 Å². The Bertz CT molecular complexity index is 904. The van der Waals surface area contributed by atoms with E-state index in [1.54, 1.807) is 0 Å². The van der Waals surface area contributed by atoms with Crippen molar-refractivity contribution in [3.8, 4) is 11.1 Å². The van der Waals surface area contributed by atoms with E-state index in [0.29, 0.717) is 13.0 Å². The average Bonchev–Trinajstić information content (AvgIpc) is 3.38. The van der Waals surface area contributed by atoms with Gasteiger partial charge in [0.1, 0.15) is 12.6 Å². The van der Waals surface area contributed by atoms with Gasteiger partial charge in [-0.1, -0.05) is 48.5 Å². The van der Waals surface area contributed by atoms with Crippen molar-refractivity contribution in [2.45, 2.75) is 37.6 Å². The summed E-state index contributed by atoms with van der Waals surface area (Å²) >= 11 is 0. The first-order valence-electron chi connectivity index (χ1n) is 9.92. The maximum Gasteiger partial charge on any atom is 0.410 e. The van der Waals surface area contributed by atoms with Gasteiger partial charge in [-0.15, -0.1) is 0 Å². The van der Waals surface area contributed by atoms with Crippen LogP contribution in [0.1, 0.15) is 42.7 Å². The molecule has 1 saturated carbocycles. The molecule has 1 heterocycles. The molecule has 1 atom stereocenters. The van der Waals surface area contributed by atoms with Gasteiger partial charge < -0.3 is 9.84 Å². The molecule has 3 aliphatic rings. The van der Waals surface area contributed by atoms with Crippen LogP contribution in [0.3, 0.4) is 0 Å². The van der Waals surface area contributed by atoms with Crippen LogP contribution in [0.15, 0.2) is 48.5 Å². The lowest BCUT2D eigenvalue weighted by Gasteiger charge is -2.36. The number of aliphatic carboxylic acids is 1. The summed E-state index contributed by atoms with van der Waals surface area (Å²) in [6.07, 6.45) is 3.07. The molecule has 0 radical (unpaired) electrons. The van der Waals surface area contributed by atoms with Crippen LogP contribution in [0.25, 0.3) is 11.1 Å². The number of carboxylic acid groups (broad SMARTS) is 1. The minimum atomic E-state index is -0.931.